The molecule has 1 amide bonds. The number of nitrogens with one attached hydrogen (secondary N) is 1. The second-order valence-corrected chi connectivity index (χ2v) is 7.27. The first-order valence-corrected chi connectivity index (χ1v) is 9.01. The molecule has 25 heavy (non-hydrogen) atoms. The van der Waals surface area contributed by atoms with Crippen LogP contribution in [0.4, 0.5) is 0 Å². The molecule has 0 unspecified atom stereocenters. The standard InChI is InChI=1S/C18H20ClN3O3/c1-11-20-17(22-25-11)18(7-3-2-4-8-18)21-16(23)15-10-12-9-13(19)5-6-14(12)24-15/h5-6,9,15H,2-4,7-8,10H2,1H3,(H,21,23)/t15-/m1/s1. The van der Waals surface area contributed by atoms with Gasteiger partial charge in [0.05, 0.1) is 0 Å². The van der Waals surface area contributed by atoms with Crippen molar-refractivity contribution in [1.82, 2.24) is 15.5 Å². The molecule has 6 nitrogen and oxygen atoms in total. The Morgan fingerprint density at radius 2 is 2.12 bits per heavy atom. The van der Waals surface area contributed by atoms with Gasteiger partial charge >= 0.3 is 0 Å². The van der Waals surface area contributed by atoms with Gasteiger partial charge in [0.15, 0.2) is 11.9 Å². The highest BCUT2D eigenvalue weighted by Gasteiger charge is 2.42. The lowest BCUT2D eigenvalue weighted by atomic mass is 9.80. The predicted octanol–water partition coefficient (Wildman–Crippen LogP) is 3.31. The molecule has 1 aliphatic heterocycles. The van der Waals surface area contributed by atoms with Crippen molar-refractivity contribution in [1.29, 1.82) is 0 Å². The van der Waals surface area contributed by atoms with Crippen LogP contribution >= 0.6 is 11.6 Å². The lowest BCUT2D eigenvalue weighted by Crippen LogP contribution is -2.52. The van der Waals surface area contributed by atoms with E-state index >= 15 is 0 Å². The molecular weight excluding hydrogens is 342 g/mol. The van der Waals surface area contributed by atoms with Crippen molar-refractivity contribution in [2.24, 2.45) is 0 Å². The lowest BCUT2D eigenvalue weighted by Gasteiger charge is -2.35. The molecule has 1 aliphatic carbocycles. The van der Waals surface area contributed by atoms with E-state index in [4.69, 9.17) is 20.9 Å². The van der Waals surface area contributed by atoms with Crippen LogP contribution < -0.4 is 10.1 Å². The Labute approximate surface area is 150 Å². The van der Waals surface area contributed by atoms with Crippen LogP contribution in [0.1, 0.15) is 49.4 Å². The minimum absolute atomic E-state index is 0.142. The summed E-state index contributed by atoms with van der Waals surface area (Å²) in [5.41, 5.74) is 0.392. The number of benzene rings is 1. The number of fused-ring (bicyclic) bond motifs is 1. The summed E-state index contributed by atoms with van der Waals surface area (Å²) in [5, 5.41) is 7.90. The molecule has 1 aromatic carbocycles. The van der Waals surface area contributed by atoms with E-state index in [9.17, 15) is 4.79 Å². The summed E-state index contributed by atoms with van der Waals surface area (Å²) in [4.78, 5) is 17.3. The van der Waals surface area contributed by atoms with Crippen molar-refractivity contribution in [2.45, 2.75) is 57.1 Å². The molecule has 1 atom stereocenters. The number of hydrogen-bond acceptors (Lipinski definition) is 5. The molecule has 0 spiro atoms. The number of carbonyl (C=O) groups excluding carboxylic acids is 1. The average Bonchev–Trinajstić information content (AvgIpc) is 3.22. The van der Waals surface area contributed by atoms with Gasteiger partial charge in [0.25, 0.3) is 5.91 Å². The highest BCUT2D eigenvalue weighted by Crippen LogP contribution is 2.37. The number of hydrogen-bond donors (Lipinski definition) is 1. The summed E-state index contributed by atoms with van der Waals surface area (Å²) >= 11 is 6.03. The Morgan fingerprint density at radius 1 is 1.32 bits per heavy atom. The fourth-order valence-electron chi connectivity index (χ4n) is 3.73. The Morgan fingerprint density at radius 3 is 2.84 bits per heavy atom. The largest absolute Gasteiger partial charge is 0.480 e. The van der Waals surface area contributed by atoms with E-state index in [1.165, 1.54) is 0 Å². The summed E-state index contributed by atoms with van der Waals surface area (Å²) < 4.78 is 11.0. The van der Waals surface area contributed by atoms with E-state index in [1.54, 1.807) is 13.0 Å². The monoisotopic (exact) mass is 361 g/mol. The molecule has 2 heterocycles. The summed E-state index contributed by atoms with van der Waals surface area (Å²) in [6.07, 6.45) is 4.78. The number of carbonyl (C=O) groups is 1. The first kappa shape index (κ1) is 16.4. The number of rotatable bonds is 3. The normalized spacial score (nSPS) is 21.4. The van der Waals surface area contributed by atoms with Gasteiger partial charge < -0.3 is 14.6 Å². The van der Waals surface area contributed by atoms with Crippen molar-refractivity contribution in [3.05, 3.63) is 40.5 Å². The zero-order valence-electron chi connectivity index (χ0n) is 14.0. The van der Waals surface area contributed by atoms with E-state index in [2.05, 4.69) is 15.5 Å². The summed E-state index contributed by atoms with van der Waals surface area (Å²) in [6.45, 7) is 1.76. The van der Waals surface area contributed by atoms with Crippen molar-refractivity contribution < 1.29 is 14.1 Å². The van der Waals surface area contributed by atoms with Crippen LogP contribution in [0.25, 0.3) is 0 Å². The molecule has 1 fully saturated rings. The molecule has 2 aromatic rings. The minimum atomic E-state index is -0.567. The summed E-state index contributed by atoms with van der Waals surface area (Å²) in [5.74, 6) is 1.65. The van der Waals surface area contributed by atoms with Crippen molar-refractivity contribution in [3.8, 4) is 5.75 Å². The smallest absolute Gasteiger partial charge is 0.262 e. The van der Waals surface area contributed by atoms with Gasteiger partial charge in [0.2, 0.25) is 5.89 Å². The minimum Gasteiger partial charge on any atom is -0.480 e. The molecule has 1 saturated carbocycles. The fraction of sp³-hybridized carbons (Fsp3) is 0.500. The fourth-order valence-corrected chi connectivity index (χ4v) is 3.93. The van der Waals surface area contributed by atoms with E-state index in [0.29, 0.717) is 23.2 Å². The molecule has 1 N–H and O–H groups in total. The second kappa shape index (κ2) is 6.33. The van der Waals surface area contributed by atoms with Gasteiger partial charge in [-0.3, -0.25) is 4.79 Å². The van der Waals surface area contributed by atoms with Gasteiger partial charge in [0, 0.05) is 18.4 Å². The van der Waals surface area contributed by atoms with Crippen molar-refractivity contribution in [3.63, 3.8) is 0 Å². The number of halogens is 1. The predicted molar refractivity (Wildman–Crippen MR) is 91.5 cm³/mol. The number of aryl methyl sites for hydroxylation is 1. The molecule has 0 saturated heterocycles. The summed E-state index contributed by atoms with van der Waals surface area (Å²) in [7, 11) is 0. The first-order valence-electron chi connectivity index (χ1n) is 8.64. The van der Waals surface area contributed by atoms with E-state index < -0.39 is 11.6 Å². The van der Waals surface area contributed by atoms with Crippen molar-refractivity contribution >= 4 is 17.5 Å². The van der Waals surface area contributed by atoms with Gasteiger partial charge in [0.1, 0.15) is 11.3 Å². The molecule has 4 rings (SSSR count). The summed E-state index contributed by atoms with van der Waals surface area (Å²) in [6, 6.07) is 5.43. The molecule has 0 radical (unpaired) electrons. The topological polar surface area (TPSA) is 77.2 Å². The highest BCUT2D eigenvalue weighted by molar-refractivity contribution is 6.30. The van der Waals surface area contributed by atoms with Gasteiger partial charge in [-0.15, -0.1) is 0 Å². The SMILES string of the molecule is Cc1nc(C2(NC(=O)[C@H]3Cc4cc(Cl)ccc4O3)CCCCC2)no1. The molecule has 2 aliphatic rings. The van der Waals surface area contributed by atoms with Crippen LogP contribution in [0, 0.1) is 6.92 Å². The molecule has 0 bridgehead atoms. The van der Waals surface area contributed by atoms with Crippen molar-refractivity contribution in [2.75, 3.05) is 0 Å². The molecule has 7 heteroatoms. The van der Waals surface area contributed by atoms with Crippen LogP contribution in [0.5, 0.6) is 5.75 Å². The maximum atomic E-state index is 12.9. The highest BCUT2D eigenvalue weighted by atomic mass is 35.5. The Bertz CT molecular complexity index is 799. The van der Waals surface area contributed by atoms with Gasteiger partial charge in [-0.2, -0.15) is 4.98 Å². The Kier molecular flexibility index (Phi) is 4.15. The maximum absolute atomic E-state index is 12.9. The third-order valence-electron chi connectivity index (χ3n) is 5.01. The van der Waals surface area contributed by atoms with E-state index in [0.717, 1.165) is 43.4 Å². The third kappa shape index (κ3) is 3.11. The van der Waals surface area contributed by atoms with Crippen LogP contribution in [-0.4, -0.2) is 22.2 Å². The first-order chi connectivity index (χ1) is 12.1. The zero-order valence-corrected chi connectivity index (χ0v) is 14.8. The average molecular weight is 362 g/mol. The Balaban J connectivity index is 1.54. The number of nitrogens with zero attached hydrogens (tertiary/aromatic N) is 2. The number of amides is 1. The Hall–Kier alpha value is -2.08. The zero-order chi connectivity index (χ0) is 17.4. The number of aromatic nitrogens is 2. The molecule has 1 aromatic heterocycles. The van der Waals surface area contributed by atoms with E-state index in [1.807, 2.05) is 12.1 Å². The van der Waals surface area contributed by atoms with Crippen LogP contribution in [0.15, 0.2) is 22.7 Å². The maximum Gasteiger partial charge on any atom is 0.262 e. The number of ether oxygens (including phenoxy) is 1. The van der Waals surface area contributed by atoms with Gasteiger partial charge in [-0.1, -0.05) is 36.0 Å². The van der Waals surface area contributed by atoms with Crippen LogP contribution in [-0.2, 0) is 16.8 Å². The second-order valence-electron chi connectivity index (χ2n) is 6.83. The van der Waals surface area contributed by atoms with E-state index in [-0.39, 0.29) is 5.91 Å². The third-order valence-corrected chi connectivity index (χ3v) is 5.25. The van der Waals surface area contributed by atoms with Gasteiger partial charge in [-0.05, 0) is 36.6 Å². The van der Waals surface area contributed by atoms with Gasteiger partial charge in [-0.25, -0.2) is 0 Å². The molecule has 132 valence electrons. The van der Waals surface area contributed by atoms with Crippen LogP contribution in [0.3, 0.4) is 0 Å². The molecular formula is C18H20ClN3O3. The quantitative estimate of drug-likeness (QED) is 0.907. The van der Waals surface area contributed by atoms with Crippen LogP contribution in [0.2, 0.25) is 5.02 Å². The lowest BCUT2D eigenvalue weighted by molar-refractivity contribution is -0.130.